The molecule has 0 aliphatic rings. The number of rotatable bonds is 4. The van der Waals surface area contributed by atoms with E-state index >= 15 is 0 Å². The molecule has 2 atom stereocenters. The number of para-hydroxylation sites is 1. The lowest BCUT2D eigenvalue weighted by Gasteiger charge is -2.12. The summed E-state index contributed by atoms with van der Waals surface area (Å²) in [6.07, 6.45) is 1.64. The summed E-state index contributed by atoms with van der Waals surface area (Å²) < 4.78 is 24.1. The predicted octanol–water partition coefficient (Wildman–Crippen LogP) is 1.59. The number of benzene rings is 1. The van der Waals surface area contributed by atoms with Crippen LogP contribution in [0.1, 0.15) is 6.92 Å². The Hall–Kier alpha value is -1.10. The van der Waals surface area contributed by atoms with E-state index in [9.17, 15) is 8.60 Å². The average Bonchev–Trinajstić information content (AvgIpc) is 2.19. The summed E-state index contributed by atoms with van der Waals surface area (Å²) in [5.41, 5.74) is 6.18. The molecule has 0 spiro atoms. The van der Waals surface area contributed by atoms with Crippen LogP contribution in [0.15, 0.2) is 18.2 Å². The van der Waals surface area contributed by atoms with Crippen molar-refractivity contribution in [2.45, 2.75) is 12.2 Å². The average molecular weight is 230 g/mol. The second-order valence-corrected chi connectivity index (χ2v) is 5.19. The summed E-state index contributed by atoms with van der Waals surface area (Å²) in [5, 5.41) is 2.98. The first-order valence-corrected chi connectivity index (χ1v) is 6.24. The quantitative estimate of drug-likeness (QED) is 0.772. The van der Waals surface area contributed by atoms with E-state index in [1.54, 1.807) is 18.4 Å². The van der Waals surface area contributed by atoms with Crippen LogP contribution in [0.25, 0.3) is 0 Å². The highest BCUT2D eigenvalue weighted by molar-refractivity contribution is 7.84. The number of nitrogens with one attached hydrogen (secondary N) is 1. The van der Waals surface area contributed by atoms with E-state index < -0.39 is 16.6 Å². The molecule has 0 saturated heterocycles. The first-order chi connectivity index (χ1) is 7.02. The maximum absolute atomic E-state index is 13.0. The zero-order chi connectivity index (χ0) is 11.4. The highest BCUT2D eigenvalue weighted by Gasteiger charge is 2.08. The van der Waals surface area contributed by atoms with Crippen LogP contribution in [-0.2, 0) is 10.8 Å². The van der Waals surface area contributed by atoms with Gasteiger partial charge in [-0.1, -0.05) is 6.07 Å². The molecule has 0 aliphatic heterocycles. The summed E-state index contributed by atoms with van der Waals surface area (Å²) in [6.45, 7) is 2.37. The van der Waals surface area contributed by atoms with E-state index in [0.29, 0.717) is 12.2 Å². The molecule has 0 amide bonds. The van der Waals surface area contributed by atoms with Crippen molar-refractivity contribution >= 4 is 22.2 Å². The lowest BCUT2D eigenvalue weighted by atomic mass is 10.2. The van der Waals surface area contributed by atoms with Crippen LogP contribution in [0.3, 0.4) is 0 Å². The molecule has 15 heavy (non-hydrogen) atoms. The van der Waals surface area contributed by atoms with Gasteiger partial charge >= 0.3 is 0 Å². The number of anilines is 2. The third-order valence-electron chi connectivity index (χ3n) is 2.20. The van der Waals surface area contributed by atoms with Crippen molar-refractivity contribution in [1.82, 2.24) is 0 Å². The van der Waals surface area contributed by atoms with Gasteiger partial charge in [-0.2, -0.15) is 0 Å². The van der Waals surface area contributed by atoms with Crippen LogP contribution < -0.4 is 11.1 Å². The fourth-order valence-electron chi connectivity index (χ4n) is 1.06. The first kappa shape index (κ1) is 12.0. The van der Waals surface area contributed by atoms with Gasteiger partial charge in [0, 0.05) is 28.9 Å². The van der Waals surface area contributed by atoms with Crippen molar-refractivity contribution in [3.63, 3.8) is 0 Å². The number of halogens is 1. The second-order valence-electron chi connectivity index (χ2n) is 3.39. The molecule has 1 aromatic rings. The van der Waals surface area contributed by atoms with E-state index in [0.717, 1.165) is 0 Å². The Labute approximate surface area is 91.3 Å². The van der Waals surface area contributed by atoms with Gasteiger partial charge in [0.15, 0.2) is 0 Å². The minimum absolute atomic E-state index is 0.00710. The van der Waals surface area contributed by atoms with E-state index in [-0.39, 0.29) is 10.9 Å². The number of nitrogen functional groups attached to an aromatic ring is 1. The second kappa shape index (κ2) is 5.11. The number of hydrogen-bond donors (Lipinski definition) is 2. The van der Waals surface area contributed by atoms with Crippen molar-refractivity contribution in [2.24, 2.45) is 0 Å². The summed E-state index contributed by atoms with van der Waals surface area (Å²) in [4.78, 5) is 0. The minimum atomic E-state index is -0.893. The Balaban J connectivity index is 2.66. The molecular weight excluding hydrogens is 215 g/mol. The monoisotopic (exact) mass is 230 g/mol. The Morgan fingerprint density at radius 3 is 2.87 bits per heavy atom. The maximum Gasteiger partial charge on any atom is 0.148 e. The summed E-state index contributed by atoms with van der Waals surface area (Å²) in [5.74, 6) is -0.440. The molecule has 84 valence electrons. The van der Waals surface area contributed by atoms with Gasteiger partial charge in [-0.3, -0.25) is 4.21 Å². The van der Waals surface area contributed by atoms with Crippen LogP contribution in [0.5, 0.6) is 0 Å². The fraction of sp³-hybridized carbons (Fsp3) is 0.400. The summed E-state index contributed by atoms with van der Waals surface area (Å²) in [7, 11) is -0.893. The third-order valence-corrected chi connectivity index (χ3v) is 3.50. The molecule has 5 heteroatoms. The fourth-order valence-corrected chi connectivity index (χ4v) is 1.38. The van der Waals surface area contributed by atoms with Gasteiger partial charge in [0.2, 0.25) is 0 Å². The van der Waals surface area contributed by atoms with Crippen molar-refractivity contribution < 1.29 is 8.60 Å². The number of hydrogen-bond acceptors (Lipinski definition) is 3. The Morgan fingerprint density at radius 2 is 2.27 bits per heavy atom. The van der Waals surface area contributed by atoms with E-state index in [1.165, 1.54) is 6.07 Å². The minimum Gasteiger partial charge on any atom is -0.395 e. The molecule has 0 bridgehead atoms. The summed E-state index contributed by atoms with van der Waals surface area (Å²) in [6, 6.07) is 4.59. The molecule has 1 rings (SSSR count). The molecule has 0 saturated carbocycles. The maximum atomic E-state index is 13.0. The van der Waals surface area contributed by atoms with Crippen molar-refractivity contribution in [3.05, 3.63) is 24.0 Å². The SMILES string of the molecule is CC(CNc1cccc(F)c1N)S(C)=O. The van der Waals surface area contributed by atoms with Gasteiger partial charge in [0.1, 0.15) is 5.82 Å². The van der Waals surface area contributed by atoms with Gasteiger partial charge in [-0.05, 0) is 19.1 Å². The molecule has 0 radical (unpaired) electrons. The lowest BCUT2D eigenvalue weighted by molar-refractivity contribution is 0.633. The van der Waals surface area contributed by atoms with E-state index in [4.69, 9.17) is 5.73 Å². The van der Waals surface area contributed by atoms with Crippen LogP contribution in [0, 0.1) is 5.82 Å². The predicted molar refractivity (Wildman–Crippen MR) is 62.8 cm³/mol. The zero-order valence-corrected chi connectivity index (χ0v) is 9.60. The molecule has 0 aromatic heterocycles. The lowest BCUT2D eigenvalue weighted by Crippen LogP contribution is -2.21. The van der Waals surface area contributed by atoms with Gasteiger partial charge in [-0.15, -0.1) is 0 Å². The molecule has 0 aliphatic carbocycles. The van der Waals surface area contributed by atoms with Crippen LogP contribution in [0.2, 0.25) is 0 Å². The van der Waals surface area contributed by atoms with Crippen molar-refractivity contribution in [3.8, 4) is 0 Å². The highest BCUT2D eigenvalue weighted by Crippen LogP contribution is 2.20. The Morgan fingerprint density at radius 1 is 1.60 bits per heavy atom. The van der Waals surface area contributed by atoms with Crippen molar-refractivity contribution in [2.75, 3.05) is 23.9 Å². The van der Waals surface area contributed by atoms with E-state index in [1.807, 2.05) is 6.92 Å². The van der Waals surface area contributed by atoms with Gasteiger partial charge in [-0.25, -0.2) is 4.39 Å². The molecule has 3 N–H and O–H groups in total. The third kappa shape index (κ3) is 3.20. The zero-order valence-electron chi connectivity index (χ0n) is 8.79. The molecule has 0 heterocycles. The summed E-state index contributed by atoms with van der Waals surface area (Å²) >= 11 is 0. The van der Waals surface area contributed by atoms with Gasteiger partial charge < -0.3 is 11.1 Å². The standard InChI is InChI=1S/C10H15FN2OS/c1-7(15(2)14)6-13-9-5-3-4-8(11)10(9)12/h3-5,7,13H,6,12H2,1-2H3. The Kier molecular flexibility index (Phi) is 4.08. The largest absolute Gasteiger partial charge is 0.395 e. The Bertz CT molecular complexity index is 370. The highest BCUT2D eigenvalue weighted by atomic mass is 32.2. The van der Waals surface area contributed by atoms with Crippen LogP contribution >= 0.6 is 0 Å². The smallest absolute Gasteiger partial charge is 0.148 e. The molecular formula is C10H15FN2OS. The van der Waals surface area contributed by atoms with Crippen molar-refractivity contribution in [1.29, 1.82) is 0 Å². The van der Waals surface area contributed by atoms with Gasteiger partial charge in [0.05, 0.1) is 11.4 Å². The molecule has 2 unspecified atom stereocenters. The first-order valence-electron chi connectivity index (χ1n) is 4.62. The van der Waals surface area contributed by atoms with Crippen LogP contribution in [0.4, 0.5) is 15.8 Å². The molecule has 1 aromatic carbocycles. The normalized spacial score (nSPS) is 14.6. The van der Waals surface area contributed by atoms with E-state index in [2.05, 4.69) is 5.32 Å². The number of nitrogens with two attached hydrogens (primary N) is 1. The molecule has 0 fully saturated rings. The topological polar surface area (TPSA) is 55.1 Å². The molecule has 3 nitrogen and oxygen atoms in total. The van der Waals surface area contributed by atoms with Gasteiger partial charge in [0.25, 0.3) is 0 Å². The van der Waals surface area contributed by atoms with Crippen LogP contribution in [-0.4, -0.2) is 22.3 Å².